The van der Waals surface area contributed by atoms with Crippen molar-refractivity contribution in [2.45, 2.75) is 13.5 Å². The zero-order chi connectivity index (χ0) is 17.6. The lowest BCUT2D eigenvalue weighted by Gasteiger charge is -2.09. The van der Waals surface area contributed by atoms with Crippen LogP contribution in [0.4, 0.5) is 11.5 Å². The normalized spacial score (nSPS) is 10.3. The lowest BCUT2D eigenvalue weighted by atomic mass is 10.2. The molecular weight excluding hydrogens is 336 g/mol. The van der Waals surface area contributed by atoms with Crippen molar-refractivity contribution in [3.8, 4) is 0 Å². The first-order chi connectivity index (χ1) is 12.1. The van der Waals surface area contributed by atoms with Crippen molar-refractivity contribution in [1.82, 2.24) is 15.3 Å². The third-order valence-electron chi connectivity index (χ3n) is 3.67. The Morgan fingerprint density at radius 1 is 1.08 bits per heavy atom. The summed E-state index contributed by atoms with van der Waals surface area (Å²) in [5, 5.41) is 6.70. The molecule has 1 aromatic heterocycles. The second-order valence-corrected chi connectivity index (χ2v) is 5.97. The molecule has 2 aromatic carbocycles. The zero-order valence-electron chi connectivity index (χ0n) is 13.7. The van der Waals surface area contributed by atoms with E-state index in [2.05, 4.69) is 20.6 Å². The maximum Gasteiger partial charge on any atom is 0.270 e. The molecule has 0 unspecified atom stereocenters. The summed E-state index contributed by atoms with van der Waals surface area (Å²) in [4.78, 5) is 20.5. The molecule has 0 saturated carbocycles. The van der Waals surface area contributed by atoms with E-state index in [1.807, 2.05) is 43.3 Å². The fourth-order valence-corrected chi connectivity index (χ4v) is 2.40. The molecule has 0 radical (unpaired) electrons. The molecule has 0 aliphatic heterocycles. The summed E-state index contributed by atoms with van der Waals surface area (Å²) in [7, 11) is 0. The Bertz CT molecular complexity index is 881. The highest BCUT2D eigenvalue weighted by atomic mass is 35.5. The summed E-state index contributed by atoms with van der Waals surface area (Å²) >= 11 is 5.85. The van der Waals surface area contributed by atoms with Crippen LogP contribution in [0.2, 0.25) is 5.02 Å². The number of amides is 1. The number of rotatable bonds is 5. The highest BCUT2D eigenvalue weighted by molar-refractivity contribution is 6.30. The molecule has 0 fully saturated rings. The molecule has 3 rings (SSSR count). The molecule has 0 atom stereocenters. The molecule has 0 bridgehead atoms. The molecule has 1 heterocycles. The van der Waals surface area contributed by atoms with E-state index >= 15 is 0 Å². The average Bonchev–Trinajstić information content (AvgIpc) is 2.63. The van der Waals surface area contributed by atoms with Gasteiger partial charge in [0.25, 0.3) is 5.91 Å². The quantitative estimate of drug-likeness (QED) is 0.725. The molecule has 25 heavy (non-hydrogen) atoms. The predicted molar refractivity (Wildman–Crippen MR) is 99.1 cm³/mol. The van der Waals surface area contributed by atoms with Crippen LogP contribution in [0.5, 0.6) is 0 Å². The van der Waals surface area contributed by atoms with E-state index in [-0.39, 0.29) is 5.91 Å². The lowest BCUT2D eigenvalue weighted by molar-refractivity contribution is 0.0946. The van der Waals surface area contributed by atoms with Gasteiger partial charge in [-0.2, -0.15) is 0 Å². The largest absolute Gasteiger partial charge is 0.347 e. The van der Waals surface area contributed by atoms with E-state index in [0.717, 1.165) is 16.8 Å². The molecule has 0 spiro atoms. The van der Waals surface area contributed by atoms with Crippen LogP contribution in [0.3, 0.4) is 0 Å². The van der Waals surface area contributed by atoms with E-state index in [0.29, 0.717) is 23.1 Å². The molecule has 5 nitrogen and oxygen atoms in total. The Balaban J connectivity index is 1.67. The van der Waals surface area contributed by atoms with Crippen LogP contribution in [-0.4, -0.2) is 15.9 Å². The van der Waals surface area contributed by atoms with Crippen LogP contribution >= 0.6 is 11.6 Å². The van der Waals surface area contributed by atoms with Crippen molar-refractivity contribution in [2.24, 2.45) is 0 Å². The highest BCUT2D eigenvalue weighted by Crippen LogP contribution is 2.18. The Morgan fingerprint density at radius 3 is 2.60 bits per heavy atom. The van der Waals surface area contributed by atoms with Gasteiger partial charge in [0, 0.05) is 23.3 Å². The number of nitrogens with zero attached hydrogens (tertiary/aromatic N) is 2. The maximum atomic E-state index is 12.3. The first kappa shape index (κ1) is 16.9. The van der Waals surface area contributed by atoms with Crippen molar-refractivity contribution < 1.29 is 4.79 Å². The molecule has 0 aliphatic rings. The predicted octanol–water partition coefficient (Wildman–Crippen LogP) is 4.11. The van der Waals surface area contributed by atoms with Crippen LogP contribution in [0, 0.1) is 6.92 Å². The number of anilines is 2. The number of carbonyl (C=O) groups excluding carboxylic acids is 1. The number of benzene rings is 2. The summed E-state index contributed by atoms with van der Waals surface area (Å²) in [6, 6.07) is 16.8. The first-order valence-electron chi connectivity index (χ1n) is 7.79. The number of nitrogens with one attached hydrogen (secondary N) is 2. The van der Waals surface area contributed by atoms with Gasteiger partial charge in [0.05, 0.1) is 0 Å². The van der Waals surface area contributed by atoms with Gasteiger partial charge in [-0.05, 0) is 36.2 Å². The van der Waals surface area contributed by atoms with Crippen molar-refractivity contribution in [2.75, 3.05) is 5.32 Å². The number of hydrogen-bond donors (Lipinski definition) is 2. The van der Waals surface area contributed by atoms with Gasteiger partial charge in [0.2, 0.25) is 0 Å². The van der Waals surface area contributed by atoms with Gasteiger partial charge in [-0.15, -0.1) is 0 Å². The highest BCUT2D eigenvalue weighted by Gasteiger charge is 2.09. The molecule has 3 aromatic rings. The fraction of sp³-hybridized carbons (Fsp3) is 0.105. The Labute approximate surface area is 151 Å². The van der Waals surface area contributed by atoms with E-state index in [1.54, 1.807) is 18.2 Å². The smallest absolute Gasteiger partial charge is 0.270 e. The number of aryl methyl sites for hydroxylation is 1. The summed E-state index contributed by atoms with van der Waals surface area (Å²) in [6.45, 7) is 2.41. The molecule has 1 amide bonds. The average molecular weight is 353 g/mol. The number of para-hydroxylation sites is 1. The number of aromatic nitrogens is 2. The van der Waals surface area contributed by atoms with Gasteiger partial charge in [-0.3, -0.25) is 4.79 Å². The van der Waals surface area contributed by atoms with Crippen LogP contribution in [0.25, 0.3) is 0 Å². The van der Waals surface area contributed by atoms with Crippen LogP contribution in [0.1, 0.15) is 21.6 Å². The topological polar surface area (TPSA) is 66.9 Å². The van der Waals surface area contributed by atoms with Crippen molar-refractivity contribution in [3.63, 3.8) is 0 Å². The van der Waals surface area contributed by atoms with Gasteiger partial charge < -0.3 is 10.6 Å². The Hall–Kier alpha value is -2.92. The van der Waals surface area contributed by atoms with Crippen molar-refractivity contribution in [3.05, 3.63) is 82.8 Å². The van der Waals surface area contributed by atoms with E-state index < -0.39 is 0 Å². The zero-order valence-corrected chi connectivity index (χ0v) is 14.4. The molecule has 0 aliphatic carbocycles. The minimum Gasteiger partial charge on any atom is -0.347 e. The second kappa shape index (κ2) is 7.77. The van der Waals surface area contributed by atoms with Gasteiger partial charge in [0.1, 0.15) is 17.8 Å². The first-order valence-corrected chi connectivity index (χ1v) is 8.17. The summed E-state index contributed by atoms with van der Waals surface area (Å²) < 4.78 is 0. The molecule has 0 saturated heterocycles. The molecule has 2 N–H and O–H groups in total. The van der Waals surface area contributed by atoms with Gasteiger partial charge >= 0.3 is 0 Å². The van der Waals surface area contributed by atoms with Gasteiger partial charge in [0.15, 0.2) is 0 Å². The summed E-state index contributed by atoms with van der Waals surface area (Å²) in [5.41, 5.74) is 3.30. The molecule has 126 valence electrons. The van der Waals surface area contributed by atoms with Crippen molar-refractivity contribution >= 4 is 29.0 Å². The molecular formula is C19H17ClN4O. The van der Waals surface area contributed by atoms with E-state index in [9.17, 15) is 4.79 Å². The third kappa shape index (κ3) is 4.55. The monoisotopic (exact) mass is 352 g/mol. The van der Waals surface area contributed by atoms with Crippen LogP contribution in [0.15, 0.2) is 60.9 Å². The van der Waals surface area contributed by atoms with E-state index in [1.165, 1.54) is 6.33 Å². The third-order valence-corrected chi connectivity index (χ3v) is 3.93. The second-order valence-electron chi connectivity index (χ2n) is 5.54. The number of hydrogen-bond acceptors (Lipinski definition) is 4. The minimum absolute atomic E-state index is 0.259. The molecule has 6 heteroatoms. The summed E-state index contributed by atoms with van der Waals surface area (Å²) in [6.07, 6.45) is 1.37. The minimum atomic E-state index is -0.259. The number of halogens is 1. The van der Waals surface area contributed by atoms with Crippen LogP contribution in [-0.2, 0) is 6.54 Å². The fourth-order valence-electron chi connectivity index (χ4n) is 2.28. The number of carbonyl (C=O) groups is 1. The lowest BCUT2D eigenvalue weighted by Crippen LogP contribution is -2.24. The van der Waals surface area contributed by atoms with Gasteiger partial charge in [-0.25, -0.2) is 9.97 Å². The Morgan fingerprint density at radius 2 is 1.84 bits per heavy atom. The van der Waals surface area contributed by atoms with E-state index in [4.69, 9.17) is 11.6 Å². The van der Waals surface area contributed by atoms with Gasteiger partial charge in [-0.1, -0.05) is 41.9 Å². The SMILES string of the molecule is Cc1ccccc1Nc1cc(C(=O)NCc2ccc(Cl)cc2)ncn1. The van der Waals surface area contributed by atoms with Crippen LogP contribution < -0.4 is 10.6 Å². The van der Waals surface area contributed by atoms with Crippen molar-refractivity contribution in [1.29, 1.82) is 0 Å². The Kier molecular flexibility index (Phi) is 5.26. The maximum absolute atomic E-state index is 12.3. The standard InChI is InChI=1S/C19H17ClN4O/c1-13-4-2-3-5-16(13)24-18-10-17(22-12-23-18)19(25)21-11-14-6-8-15(20)9-7-14/h2-10,12H,11H2,1H3,(H,21,25)(H,22,23,24). The summed E-state index contributed by atoms with van der Waals surface area (Å²) in [5.74, 6) is 0.311.